The largest absolute Gasteiger partial charge is 0.444 e. The first-order chi connectivity index (χ1) is 10.8. The predicted octanol–water partition coefficient (Wildman–Crippen LogP) is 3.83. The molecule has 0 unspecified atom stereocenters. The molecule has 2 aliphatic rings. The van der Waals surface area contributed by atoms with Crippen molar-refractivity contribution < 1.29 is 14.3 Å². The number of piperidine rings is 1. The van der Waals surface area contributed by atoms with E-state index in [-0.39, 0.29) is 17.3 Å². The van der Waals surface area contributed by atoms with Crippen LogP contribution < -0.4 is 0 Å². The van der Waals surface area contributed by atoms with Gasteiger partial charge in [0, 0.05) is 24.1 Å². The molecule has 0 aromatic heterocycles. The van der Waals surface area contributed by atoms with E-state index >= 15 is 0 Å². The molecule has 1 fully saturated rings. The summed E-state index contributed by atoms with van der Waals surface area (Å²) in [6.07, 6.45) is 3.05. The molecule has 1 aromatic rings. The molecule has 4 nitrogen and oxygen atoms in total. The Morgan fingerprint density at radius 1 is 1.13 bits per heavy atom. The molecule has 1 spiro atoms. The average molecular weight is 315 g/mol. The van der Waals surface area contributed by atoms with E-state index in [1.54, 1.807) is 4.90 Å². The third kappa shape index (κ3) is 3.12. The standard InChI is InChI=1S/C19H25NO3/c1-18(2,3)23-17(22)20-12-10-19(11-13-20)9-8-14-6-4-5-7-15(14)16(19)21/h4-7H,8-13H2,1-3H3. The van der Waals surface area contributed by atoms with Crippen molar-refractivity contribution in [1.82, 2.24) is 4.90 Å². The number of hydrogen-bond donors (Lipinski definition) is 0. The van der Waals surface area contributed by atoms with Crippen LogP contribution in [0, 0.1) is 5.41 Å². The second-order valence-corrected chi connectivity index (χ2v) is 7.73. The smallest absolute Gasteiger partial charge is 0.410 e. The second kappa shape index (κ2) is 5.66. The maximum atomic E-state index is 13.0. The normalized spacial score (nSPS) is 20.3. The minimum atomic E-state index is -0.480. The molecule has 0 atom stereocenters. The molecule has 1 amide bonds. The number of ether oxygens (including phenoxy) is 1. The summed E-state index contributed by atoms with van der Waals surface area (Å²) in [4.78, 5) is 26.9. The van der Waals surface area contributed by atoms with Crippen molar-refractivity contribution in [1.29, 1.82) is 0 Å². The van der Waals surface area contributed by atoms with Gasteiger partial charge in [0.25, 0.3) is 0 Å². The van der Waals surface area contributed by atoms with Gasteiger partial charge in [-0.2, -0.15) is 0 Å². The number of Topliss-reactive ketones (excluding diaryl/α,β-unsaturated/α-hetero) is 1. The lowest BCUT2D eigenvalue weighted by atomic mass is 9.65. The van der Waals surface area contributed by atoms with Gasteiger partial charge >= 0.3 is 6.09 Å². The van der Waals surface area contributed by atoms with E-state index in [0.717, 1.165) is 36.8 Å². The molecule has 1 aromatic carbocycles. The third-order valence-electron chi connectivity index (χ3n) is 4.99. The number of fused-ring (bicyclic) bond motifs is 1. The van der Waals surface area contributed by atoms with E-state index < -0.39 is 5.60 Å². The summed E-state index contributed by atoms with van der Waals surface area (Å²) >= 11 is 0. The first kappa shape index (κ1) is 16.0. The van der Waals surface area contributed by atoms with Crippen LogP contribution in [0.5, 0.6) is 0 Å². The van der Waals surface area contributed by atoms with E-state index in [0.29, 0.717) is 13.1 Å². The van der Waals surface area contributed by atoms with Crippen molar-refractivity contribution in [3.8, 4) is 0 Å². The van der Waals surface area contributed by atoms with Gasteiger partial charge in [-0.05, 0) is 52.0 Å². The fraction of sp³-hybridized carbons (Fsp3) is 0.579. The van der Waals surface area contributed by atoms with Crippen LogP contribution in [0.25, 0.3) is 0 Å². The molecular weight excluding hydrogens is 290 g/mol. The maximum Gasteiger partial charge on any atom is 0.410 e. The van der Waals surface area contributed by atoms with E-state index in [2.05, 4.69) is 6.07 Å². The lowest BCUT2D eigenvalue weighted by molar-refractivity contribution is 0.00897. The molecule has 1 saturated heterocycles. The molecule has 1 heterocycles. The van der Waals surface area contributed by atoms with E-state index in [4.69, 9.17) is 4.74 Å². The monoisotopic (exact) mass is 315 g/mol. The Balaban J connectivity index is 1.69. The van der Waals surface area contributed by atoms with Crippen molar-refractivity contribution in [2.24, 2.45) is 5.41 Å². The number of ketones is 1. The molecule has 1 aliphatic heterocycles. The summed E-state index contributed by atoms with van der Waals surface area (Å²) in [6.45, 7) is 6.82. The predicted molar refractivity (Wildman–Crippen MR) is 88.6 cm³/mol. The van der Waals surface area contributed by atoms with Gasteiger partial charge in [0.2, 0.25) is 0 Å². The Labute approximate surface area is 137 Å². The first-order valence-electron chi connectivity index (χ1n) is 8.41. The van der Waals surface area contributed by atoms with Gasteiger partial charge < -0.3 is 9.64 Å². The molecule has 3 rings (SSSR count). The van der Waals surface area contributed by atoms with Crippen LogP contribution in [0.2, 0.25) is 0 Å². The molecular formula is C19H25NO3. The highest BCUT2D eigenvalue weighted by Gasteiger charge is 2.45. The van der Waals surface area contributed by atoms with Crippen LogP contribution >= 0.6 is 0 Å². The minimum Gasteiger partial charge on any atom is -0.444 e. The Morgan fingerprint density at radius 2 is 1.78 bits per heavy atom. The van der Waals surface area contributed by atoms with Crippen LogP contribution in [-0.4, -0.2) is 35.5 Å². The van der Waals surface area contributed by atoms with Crippen molar-refractivity contribution in [2.75, 3.05) is 13.1 Å². The number of carbonyl (C=O) groups is 2. The topological polar surface area (TPSA) is 46.6 Å². The summed E-state index contributed by atoms with van der Waals surface area (Å²) < 4.78 is 5.44. The molecule has 0 radical (unpaired) electrons. The Kier molecular flexibility index (Phi) is 3.95. The van der Waals surface area contributed by atoms with Gasteiger partial charge in [0.05, 0.1) is 0 Å². The van der Waals surface area contributed by atoms with Crippen LogP contribution in [0.15, 0.2) is 24.3 Å². The van der Waals surface area contributed by atoms with E-state index in [1.165, 1.54) is 0 Å². The zero-order chi connectivity index (χ0) is 16.7. The fourth-order valence-corrected chi connectivity index (χ4v) is 3.65. The van der Waals surface area contributed by atoms with Crippen molar-refractivity contribution >= 4 is 11.9 Å². The zero-order valence-electron chi connectivity index (χ0n) is 14.2. The lowest BCUT2D eigenvalue weighted by Crippen LogP contribution is -2.49. The maximum absolute atomic E-state index is 13.0. The number of benzene rings is 1. The number of rotatable bonds is 0. The number of nitrogens with zero attached hydrogens (tertiary/aromatic N) is 1. The first-order valence-corrected chi connectivity index (χ1v) is 8.41. The summed E-state index contributed by atoms with van der Waals surface area (Å²) in [7, 11) is 0. The lowest BCUT2D eigenvalue weighted by Gasteiger charge is -2.43. The van der Waals surface area contributed by atoms with Crippen molar-refractivity contribution in [3.05, 3.63) is 35.4 Å². The van der Waals surface area contributed by atoms with E-state index in [1.807, 2.05) is 39.0 Å². The fourth-order valence-electron chi connectivity index (χ4n) is 3.65. The van der Waals surface area contributed by atoms with Gasteiger partial charge in [-0.15, -0.1) is 0 Å². The average Bonchev–Trinajstić information content (AvgIpc) is 2.50. The summed E-state index contributed by atoms with van der Waals surface area (Å²) in [5.41, 5.74) is 1.28. The molecule has 23 heavy (non-hydrogen) atoms. The van der Waals surface area contributed by atoms with Gasteiger partial charge in [-0.25, -0.2) is 4.79 Å². The highest BCUT2D eigenvalue weighted by Crippen LogP contribution is 2.43. The van der Waals surface area contributed by atoms with Gasteiger partial charge in [0.15, 0.2) is 5.78 Å². The van der Waals surface area contributed by atoms with Gasteiger partial charge in [-0.3, -0.25) is 4.79 Å². The summed E-state index contributed by atoms with van der Waals surface area (Å²) in [5, 5.41) is 0. The van der Waals surface area contributed by atoms with Crippen LogP contribution in [0.4, 0.5) is 4.79 Å². The minimum absolute atomic E-state index is 0.267. The molecule has 1 aliphatic carbocycles. The molecule has 0 N–H and O–H groups in total. The van der Waals surface area contributed by atoms with E-state index in [9.17, 15) is 9.59 Å². The second-order valence-electron chi connectivity index (χ2n) is 7.73. The zero-order valence-corrected chi connectivity index (χ0v) is 14.2. The number of likely N-dealkylation sites (tertiary alicyclic amines) is 1. The molecule has 0 bridgehead atoms. The number of aryl methyl sites for hydroxylation is 1. The quantitative estimate of drug-likeness (QED) is 0.731. The van der Waals surface area contributed by atoms with Crippen molar-refractivity contribution in [2.45, 2.75) is 52.1 Å². The summed E-state index contributed by atoms with van der Waals surface area (Å²) in [6, 6.07) is 7.93. The molecule has 4 heteroatoms. The number of carbonyl (C=O) groups excluding carboxylic acids is 2. The highest BCUT2D eigenvalue weighted by atomic mass is 16.6. The van der Waals surface area contributed by atoms with Crippen molar-refractivity contribution in [3.63, 3.8) is 0 Å². The SMILES string of the molecule is CC(C)(C)OC(=O)N1CCC2(CCc3ccccc3C2=O)CC1. The third-order valence-corrected chi connectivity index (χ3v) is 4.99. The van der Waals surface area contributed by atoms with Crippen LogP contribution in [0.1, 0.15) is 56.0 Å². The number of hydrogen-bond acceptors (Lipinski definition) is 3. The molecule has 0 saturated carbocycles. The van der Waals surface area contributed by atoms with Gasteiger partial charge in [0.1, 0.15) is 5.60 Å². The van der Waals surface area contributed by atoms with Crippen LogP contribution in [0.3, 0.4) is 0 Å². The Bertz CT molecular complexity index is 622. The Morgan fingerprint density at radius 3 is 2.43 bits per heavy atom. The number of amides is 1. The van der Waals surface area contributed by atoms with Gasteiger partial charge in [-0.1, -0.05) is 24.3 Å². The molecule has 124 valence electrons. The van der Waals surface area contributed by atoms with Crippen LogP contribution in [-0.2, 0) is 11.2 Å². The Hall–Kier alpha value is -1.84. The summed E-state index contributed by atoms with van der Waals surface area (Å²) in [5.74, 6) is 0.267. The highest BCUT2D eigenvalue weighted by molar-refractivity contribution is 6.02.